The van der Waals surface area contributed by atoms with Crippen LogP contribution in [-0.4, -0.2) is 63.7 Å². The van der Waals surface area contributed by atoms with Gasteiger partial charge in [0.1, 0.15) is 6.04 Å². The molecule has 8 heteroatoms. The molecule has 0 heterocycles. The maximum atomic E-state index is 13.6. The molecule has 0 aliphatic heterocycles. The number of carboxylic acid groups (broad SMARTS) is 1. The Morgan fingerprint density at radius 3 is 2.32 bits per heavy atom. The Bertz CT molecular complexity index is 1400. The van der Waals surface area contributed by atoms with Crippen LogP contribution in [0.15, 0.2) is 42.5 Å². The summed E-state index contributed by atoms with van der Waals surface area (Å²) in [6.45, 7) is 3.90. The molecule has 0 aromatic heterocycles. The lowest BCUT2D eigenvalue weighted by atomic mass is 9.53. The Morgan fingerprint density at radius 2 is 1.68 bits per heavy atom. The normalized spacial score (nSPS) is 25.7. The minimum atomic E-state index is -1.00. The standard InChI is InChI=1S/C39H53N3O3S2/c1-26-8-6-7-11-32(26)34-21-27(12-13-33(34)36(43)40-35(37(44)45)15-17-47-2)14-16-42(25-28-9-4-3-5-10-28)38(46)41-39-22-29-18-30(23-39)20-31(19-29)24-39/h6-8,11-13,21,28-31,35H,3-5,9-10,14-20,22-25H2,1-2H3,(H,40,43)(H,41,46)(H,44,45). The van der Waals surface area contributed by atoms with Gasteiger partial charge in [0.25, 0.3) is 5.91 Å². The lowest BCUT2D eigenvalue weighted by Crippen LogP contribution is -2.62. The van der Waals surface area contributed by atoms with Crippen LogP contribution in [-0.2, 0) is 11.2 Å². The molecule has 5 aliphatic carbocycles. The summed E-state index contributed by atoms with van der Waals surface area (Å²) in [5, 5.41) is 17.5. The summed E-state index contributed by atoms with van der Waals surface area (Å²) >= 11 is 7.85. The zero-order valence-corrected chi connectivity index (χ0v) is 29.9. The van der Waals surface area contributed by atoms with Crippen molar-refractivity contribution in [3.05, 3.63) is 59.2 Å². The largest absolute Gasteiger partial charge is 0.480 e. The average Bonchev–Trinajstić information content (AvgIpc) is 3.04. The van der Waals surface area contributed by atoms with Gasteiger partial charge >= 0.3 is 5.97 Å². The first-order valence-corrected chi connectivity index (χ1v) is 19.8. The third-order valence-electron chi connectivity index (χ3n) is 11.5. The fourth-order valence-electron chi connectivity index (χ4n) is 9.56. The molecule has 3 N–H and O–H groups in total. The van der Waals surface area contributed by atoms with Crippen molar-refractivity contribution in [3.63, 3.8) is 0 Å². The molecule has 2 aromatic rings. The Hall–Kier alpha value is -2.58. The summed E-state index contributed by atoms with van der Waals surface area (Å²) in [6.07, 6.45) is 17.8. The van der Waals surface area contributed by atoms with Crippen LogP contribution >= 0.6 is 24.0 Å². The molecule has 1 atom stereocenters. The number of thiocarbonyl (C=S) groups is 1. The van der Waals surface area contributed by atoms with Gasteiger partial charge in [-0.3, -0.25) is 4.79 Å². The summed E-state index contributed by atoms with van der Waals surface area (Å²) in [7, 11) is 0. The number of rotatable bonds is 13. The van der Waals surface area contributed by atoms with Crippen LogP contribution in [0.1, 0.15) is 98.5 Å². The van der Waals surface area contributed by atoms with E-state index in [0.29, 0.717) is 23.7 Å². The van der Waals surface area contributed by atoms with Crippen LogP contribution in [0.25, 0.3) is 11.1 Å². The smallest absolute Gasteiger partial charge is 0.326 e. The van der Waals surface area contributed by atoms with E-state index in [1.54, 1.807) is 11.8 Å². The van der Waals surface area contributed by atoms with Crippen molar-refractivity contribution in [2.75, 3.05) is 25.1 Å². The molecule has 0 spiro atoms. The number of amides is 1. The second kappa shape index (κ2) is 15.3. The molecule has 47 heavy (non-hydrogen) atoms. The Kier molecular flexibility index (Phi) is 11.2. The Morgan fingerprint density at radius 1 is 1.00 bits per heavy atom. The van der Waals surface area contributed by atoms with Gasteiger partial charge < -0.3 is 20.6 Å². The molecular formula is C39H53N3O3S2. The molecule has 5 fully saturated rings. The van der Waals surface area contributed by atoms with Gasteiger partial charge in [0, 0.05) is 24.2 Å². The molecule has 5 aliphatic rings. The van der Waals surface area contributed by atoms with Gasteiger partial charge in [-0.1, -0.05) is 55.7 Å². The van der Waals surface area contributed by atoms with Crippen LogP contribution in [0.4, 0.5) is 0 Å². The van der Waals surface area contributed by atoms with Crippen molar-refractivity contribution in [1.82, 2.24) is 15.5 Å². The van der Waals surface area contributed by atoms with Crippen molar-refractivity contribution in [2.45, 2.75) is 102 Å². The van der Waals surface area contributed by atoms with Gasteiger partial charge in [0.2, 0.25) is 0 Å². The maximum Gasteiger partial charge on any atom is 0.326 e. The van der Waals surface area contributed by atoms with E-state index in [1.165, 1.54) is 70.6 Å². The first-order chi connectivity index (χ1) is 22.7. The van der Waals surface area contributed by atoms with E-state index in [9.17, 15) is 14.7 Å². The number of hydrogen-bond acceptors (Lipinski definition) is 4. The number of carbonyl (C=O) groups is 2. The third-order valence-corrected chi connectivity index (χ3v) is 12.6. The molecule has 2 aromatic carbocycles. The number of benzene rings is 2. The molecule has 254 valence electrons. The first kappa shape index (κ1) is 34.3. The maximum absolute atomic E-state index is 13.6. The molecule has 7 rings (SSSR count). The second-order valence-electron chi connectivity index (χ2n) is 15.2. The van der Waals surface area contributed by atoms with E-state index in [1.807, 2.05) is 36.6 Å². The molecule has 0 radical (unpaired) electrons. The van der Waals surface area contributed by atoms with Crippen molar-refractivity contribution in [1.29, 1.82) is 0 Å². The molecule has 6 nitrogen and oxygen atoms in total. The topological polar surface area (TPSA) is 81.7 Å². The highest BCUT2D eigenvalue weighted by Gasteiger charge is 2.51. The molecule has 4 bridgehead atoms. The third kappa shape index (κ3) is 8.36. The average molecular weight is 676 g/mol. The van der Waals surface area contributed by atoms with E-state index >= 15 is 0 Å². The van der Waals surface area contributed by atoms with E-state index in [2.05, 4.69) is 34.6 Å². The Labute approximate surface area is 291 Å². The lowest BCUT2D eigenvalue weighted by molar-refractivity contribution is -0.139. The van der Waals surface area contributed by atoms with Crippen molar-refractivity contribution in [2.24, 2.45) is 23.7 Å². The zero-order valence-electron chi connectivity index (χ0n) is 28.3. The van der Waals surface area contributed by atoms with Gasteiger partial charge in [-0.15, -0.1) is 0 Å². The number of aryl methyl sites for hydroxylation is 1. The highest BCUT2D eigenvalue weighted by molar-refractivity contribution is 7.98. The SMILES string of the molecule is CSCCC(NC(=O)c1ccc(CCN(CC2CCCCC2)C(=S)NC23CC4CC(CC(C4)C2)C3)cc1-c1ccccc1C)C(=O)O. The van der Waals surface area contributed by atoms with Gasteiger partial charge in [-0.05, 0) is 147 Å². The predicted octanol–water partition coefficient (Wildman–Crippen LogP) is 7.87. The fraction of sp³-hybridized carbons (Fsp3) is 0.615. The van der Waals surface area contributed by atoms with E-state index in [-0.39, 0.29) is 11.4 Å². The van der Waals surface area contributed by atoms with Crippen molar-refractivity contribution in [3.8, 4) is 11.1 Å². The van der Waals surface area contributed by atoms with E-state index in [4.69, 9.17) is 12.2 Å². The van der Waals surface area contributed by atoms with Crippen molar-refractivity contribution >= 4 is 41.0 Å². The van der Waals surface area contributed by atoms with Crippen LogP contribution in [0.3, 0.4) is 0 Å². The summed E-state index contributed by atoms with van der Waals surface area (Å²) in [5.41, 5.74) is 4.78. The van der Waals surface area contributed by atoms with E-state index < -0.39 is 12.0 Å². The van der Waals surface area contributed by atoms with Gasteiger partial charge in [0.05, 0.1) is 0 Å². The highest BCUT2D eigenvalue weighted by atomic mass is 32.2. The minimum Gasteiger partial charge on any atom is -0.480 e. The minimum absolute atomic E-state index is 0.188. The summed E-state index contributed by atoms with van der Waals surface area (Å²) in [6, 6.07) is 13.3. The number of thioether (sulfide) groups is 1. The number of nitrogens with one attached hydrogen (secondary N) is 2. The number of aliphatic carboxylic acids is 1. The number of carbonyl (C=O) groups excluding carboxylic acids is 1. The highest BCUT2D eigenvalue weighted by Crippen LogP contribution is 2.55. The molecule has 1 unspecified atom stereocenters. The second-order valence-corrected chi connectivity index (χ2v) is 16.5. The quantitative estimate of drug-likeness (QED) is 0.187. The summed E-state index contributed by atoms with van der Waals surface area (Å²) in [5.74, 6) is 2.61. The van der Waals surface area contributed by atoms with Gasteiger partial charge in [-0.2, -0.15) is 11.8 Å². The van der Waals surface area contributed by atoms with Crippen LogP contribution < -0.4 is 10.6 Å². The van der Waals surface area contributed by atoms with Crippen LogP contribution in [0, 0.1) is 30.6 Å². The summed E-state index contributed by atoms with van der Waals surface area (Å²) < 4.78 is 0. The predicted molar refractivity (Wildman–Crippen MR) is 197 cm³/mol. The van der Waals surface area contributed by atoms with Crippen LogP contribution in [0.5, 0.6) is 0 Å². The van der Waals surface area contributed by atoms with E-state index in [0.717, 1.165) is 64.6 Å². The first-order valence-electron chi connectivity index (χ1n) is 18.0. The molecule has 1 amide bonds. The zero-order chi connectivity index (χ0) is 33.0. The molecule has 0 saturated heterocycles. The van der Waals surface area contributed by atoms with Crippen LogP contribution in [0.2, 0.25) is 0 Å². The van der Waals surface area contributed by atoms with Gasteiger partial charge in [0.15, 0.2) is 5.11 Å². The van der Waals surface area contributed by atoms with Gasteiger partial charge in [-0.25, -0.2) is 4.79 Å². The lowest BCUT2D eigenvalue weighted by Gasteiger charge is -2.57. The molecule has 5 saturated carbocycles. The number of hydrogen-bond donors (Lipinski definition) is 3. The number of nitrogens with zero attached hydrogens (tertiary/aromatic N) is 1. The summed E-state index contributed by atoms with van der Waals surface area (Å²) in [4.78, 5) is 28.0. The monoisotopic (exact) mass is 675 g/mol. The van der Waals surface area contributed by atoms with Crippen molar-refractivity contribution < 1.29 is 14.7 Å². The number of carboxylic acids is 1. The molecular weight excluding hydrogens is 623 g/mol. The Balaban J connectivity index is 1.22. The fourth-order valence-corrected chi connectivity index (χ4v) is 10.4.